The van der Waals surface area contributed by atoms with Crippen LogP contribution in [0.1, 0.15) is 35.8 Å². The van der Waals surface area contributed by atoms with Gasteiger partial charge in [-0.05, 0) is 18.6 Å². The second kappa shape index (κ2) is 9.77. The smallest absolute Gasteiger partial charge is 0.340 e. The van der Waals surface area contributed by atoms with Crippen molar-refractivity contribution in [2.75, 3.05) is 19.8 Å². The molecule has 0 atom stereocenters. The van der Waals surface area contributed by atoms with E-state index in [4.69, 9.17) is 9.84 Å². The molecule has 106 valence electrons. The van der Waals surface area contributed by atoms with Crippen molar-refractivity contribution in [1.82, 2.24) is 9.71 Å². The molecule has 1 heterocycles. The number of aromatic nitrogens is 1. The number of nitrogens with zero attached hydrogens (tertiary/aromatic N) is 1. The Morgan fingerprint density at radius 2 is 2.42 bits per heavy atom. The normalized spacial score (nSPS) is 10.4. The number of ether oxygens (including phenoxy) is 1. The number of aliphatic hydroxyl groups is 1. The van der Waals surface area contributed by atoms with Crippen LogP contribution in [0.25, 0.3) is 0 Å². The van der Waals surface area contributed by atoms with Crippen molar-refractivity contribution >= 4 is 17.9 Å². The van der Waals surface area contributed by atoms with Crippen LogP contribution in [-0.2, 0) is 10.5 Å². The molecule has 0 fully saturated rings. The van der Waals surface area contributed by atoms with Crippen LogP contribution in [0.4, 0.5) is 0 Å². The fourth-order valence-corrected chi connectivity index (χ4v) is 2.07. The van der Waals surface area contributed by atoms with Crippen LogP contribution in [0.3, 0.4) is 0 Å². The molecular weight excluding hydrogens is 264 g/mol. The van der Waals surface area contributed by atoms with E-state index in [-0.39, 0.29) is 12.6 Å². The molecule has 1 rings (SSSR count). The molecule has 2 N–H and O–H groups in total. The van der Waals surface area contributed by atoms with Crippen molar-refractivity contribution in [1.29, 1.82) is 0 Å². The van der Waals surface area contributed by atoms with Crippen LogP contribution >= 0.6 is 11.9 Å². The van der Waals surface area contributed by atoms with Crippen molar-refractivity contribution in [2.45, 2.75) is 25.5 Å². The number of pyridine rings is 1. The van der Waals surface area contributed by atoms with Gasteiger partial charge in [0.1, 0.15) is 0 Å². The van der Waals surface area contributed by atoms with Crippen LogP contribution in [-0.4, -0.2) is 35.8 Å². The average Bonchev–Trinajstić information content (AvgIpc) is 2.44. The standard InChI is InChI=1S/C13H20N2O3S/c1-2-3-9-18-13(17)11-5-4-6-14-12(11)10-19-15-7-8-16/h4-6,15-16H,2-3,7-10H2,1H3. The molecular formula is C13H20N2O3S. The van der Waals surface area contributed by atoms with E-state index < -0.39 is 0 Å². The van der Waals surface area contributed by atoms with Gasteiger partial charge in [0.25, 0.3) is 0 Å². The third-order valence-corrected chi connectivity index (χ3v) is 3.19. The summed E-state index contributed by atoms with van der Waals surface area (Å²) >= 11 is 1.41. The summed E-state index contributed by atoms with van der Waals surface area (Å²) in [5, 5.41) is 8.66. The molecule has 5 nitrogen and oxygen atoms in total. The lowest BCUT2D eigenvalue weighted by molar-refractivity contribution is 0.0498. The number of hydrogen-bond donors (Lipinski definition) is 2. The van der Waals surface area contributed by atoms with Gasteiger partial charge in [0.05, 0.1) is 30.2 Å². The van der Waals surface area contributed by atoms with E-state index >= 15 is 0 Å². The Labute approximate surface area is 117 Å². The number of rotatable bonds is 9. The highest BCUT2D eigenvalue weighted by Crippen LogP contribution is 2.13. The molecule has 0 unspecified atom stereocenters. The van der Waals surface area contributed by atoms with Gasteiger partial charge in [-0.15, -0.1) is 0 Å². The molecule has 0 spiro atoms. The Morgan fingerprint density at radius 3 is 3.16 bits per heavy atom. The Hall–Kier alpha value is -1.11. The molecule has 6 heteroatoms. The van der Waals surface area contributed by atoms with E-state index in [2.05, 4.69) is 9.71 Å². The second-order valence-electron chi connectivity index (χ2n) is 3.89. The zero-order valence-electron chi connectivity index (χ0n) is 11.1. The van der Waals surface area contributed by atoms with E-state index in [1.54, 1.807) is 18.3 Å². The molecule has 1 aromatic heterocycles. The average molecular weight is 284 g/mol. The van der Waals surface area contributed by atoms with Crippen molar-refractivity contribution in [3.63, 3.8) is 0 Å². The second-order valence-corrected chi connectivity index (χ2v) is 4.76. The molecule has 0 aromatic carbocycles. The summed E-state index contributed by atoms with van der Waals surface area (Å²) < 4.78 is 8.16. The SMILES string of the molecule is CCCCOC(=O)c1cccnc1CSNCCO. The van der Waals surface area contributed by atoms with Gasteiger partial charge in [0.2, 0.25) is 0 Å². The van der Waals surface area contributed by atoms with Crippen LogP contribution in [0, 0.1) is 0 Å². The van der Waals surface area contributed by atoms with Crippen LogP contribution in [0.5, 0.6) is 0 Å². The zero-order chi connectivity index (χ0) is 13.9. The quantitative estimate of drug-likeness (QED) is 0.409. The van der Waals surface area contributed by atoms with E-state index in [9.17, 15) is 4.79 Å². The first-order chi connectivity index (χ1) is 9.29. The van der Waals surface area contributed by atoms with Crippen LogP contribution in [0.2, 0.25) is 0 Å². The highest BCUT2D eigenvalue weighted by molar-refractivity contribution is 7.96. The predicted molar refractivity (Wildman–Crippen MR) is 75.8 cm³/mol. The maximum absolute atomic E-state index is 11.9. The highest BCUT2D eigenvalue weighted by atomic mass is 32.2. The van der Waals surface area contributed by atoms with E-state index in [1.807, 2.05) is 6.92 Å². The predicted octanol–water partition coefficient (Wildman–Crippen LogP) is 1.77. The van der Waals surface area contributed by atoms with E-state index in [1.165, 1.54) is 11.9 Å². The van der Waals surface area contributed by atoms with Gasteiger partial charge in [0, 0.05) is 12.7 Å². The molecule has 0 saturated carbocycles. The number of esters is 1. The van der Waals surface area contributed by atoms with Crippen molar-refractivity contribution < 1.29 is 14.6 Å². The van der Waals surface area contributed by atoms with Gasteiger partial charge in [0.15, 0.2) is 0 Å². The number of unbranched alkanes of at least 4 members (excludes halogenated alkanes) is 1. The van der Waals surface area contributed by atoms with Crippen LogP contribution in [0.15, 0.2) is 18.3 Å². The van der Waals surface area contributed by atoms with Gasteiger partial charge in [-0.25, -0.2) is 4.79 Å². The number of carbonyl (C=O) groups is 1. The van der Waals surface area contributed by atoms with Gasteiger partial charge >= 0.3 is 5.97 Å². The highest BCUT2D eigenvalue weighted by Gasteiger charge is 2.13. The molecule has 0 amide bonds. The Bertz CT molecular complexity index is 388. The number of hydrogen-bond acceptors (Lipinski definition) is 6. The van der Waals surface area contributed by atoms with E-state index in [0.717, 1.165) is 12.8 Å². The molecule has 1 aromatic rings. The summed E-state index contributed by atoms with van der Waals surface area (Å²) in [5.41, 5.74) is 1.20. The first kappa shape index (κ1) is 15.9. The first-order valence-corrected chi connectivity index (χ1v) is 7.34. The van der Waals surface area contributed by atoms with Crippen molar-refractivity contribution in [3.05, 3.63) is 29.6 Å². The molecule has 0 aliphatic rings. The van der Waals surface area contributed by atoms with Gasteiger partial charge in [-0.2, -0.15) is 0 Å². The summed E-state index contributed by atoms with van der Waals surface area (Å²) in [6.07, 6.45) is 3.52. The van der Waals surface area contributed by atoms with E-state index in [0.29, 0.717) is 30.2 Å². The number of aliphatic hydroxyl groups excluding tert-OH is 1. The summed E-state index contributed by atoms with van der Waals surface area (Å²) in [7, 11) is 0. The lowest BCUT2D eigenvalue weighted by atomic mass is 10.2. The van der Waals surface area contributed by atoms with Crippen LogP contribution < -0.4 is 4.72 Å². The Kier molecular flexibility index (Phi) is 8.20. The summed E-state index contributed by atoms with van der Waals surface area (Å²) in [5.74, 6) is 0.235. The van der Waals surface area contributed by atoms with Crippen molar-refractivity contribution in [2.24, 2.45) is 0 Å². The minimum atomic E-state index is -0.320. The largest absolute Gasteiger partial charge is 0.462 e. The third-order valence-electron chi connectivity index (χ3n) is 2.37. The molecule has 0 aliphatic heterocycles. The molecule has 0 radical (unpaired) electrons. The maximum Gasteiger partial charge on any atom is 0.340 e. The summed E-state index contributed by atoms with van der Waals surface area (Å²) in [6, 6.07) is 3.45. The third kappa shape index (κ3) is 6.04. The Morgan fingerprint density at radius 1 is 1.58 bits per heavy atom. The first-order valence-electron chi connectivity index (χ1n) is 6.36. The molecule has 19 heavy (non-hydrogen) atoms. The summed E-state index contributed by atoms with van der Waals surface area (Å²) in [4.78, 5) is 16.1. The fourth-order valence-electron chi connectivity index (χ4n) is 1.36. The topological polar surface area (TPSA) is 71.5 Å². The maximum atomic E-state index is 11.9. The lowest BCUT2D eigenvalue weighted by Gasteiger charge is -2.08. The zero-order valence-corrected chi connectivity index (χ0v) is 11.9. The molecule has 0 saturated heterocycles. The molecule has 0 aliphatic carbocycles. The minimum Gasteiger partial charge on any atom is -0.462 e. The summed E-state index contributed by atoms with van der Waals surface area (Å²) in [6.45, 7) is 3.08. The Balaban J connectivity index is 2.54. The van der Waals surface area contributed by atoms with Gasteiger partial charge in [-0.1, -0.05) is 25.3 Å². The number of carbonyl (C=O) groups excluding carboxylic acids is 1. The number of nitrogens with one attached hydrogen (secondary N) is 1. The monoisotopic (exact) mass is 284 g/mol. The molecule has 0 bridgehead atoms. The lowest BCUT2D eigenvalue weighted by Crippen LogP contribution is -2.13. The fraction of sp³-hybridized carbons (Fsp3) is 0.538. The minimum absolute atomic E-state index is 0.0845. The van der Waals surface area contributed by atoms with Gasteiger partial charge < -0.3 is 9.84 Å². The van der Waals surface area contributed by atoms with Gasteiger partial charge in [-0.3, -0.25) is 9.71 Å². The van der Waals surface area contributed by atoms with Crippen molar-refractivity contribution in [3.8, 4) is 0 Å².